The van der Waals surface area contributed by atoms with E-state index in [-0.39, 0.29) is 30.1 Å². The quantitative estimate of drug-likeness (QED) is 0.333. The molecule has 0 amide bonds. The molecule has 1 atom stereocenters. The van der Waals surface area contributed by atoms with Gasteiger partial charge in [0, 0.05) is 46.9 Å². The van der Waals surface area contributed by atoms with E-state index >= 15 is 0 Å². The third-order valence-corrected chi connectivity index (χ3v) is 4.43. The Hall–Kier alpha value is -0.900. The van der Waals surface area contributed by atoms with Gasteiger partial charge in [-0.15, -0.1) is 24.0 Å². The smallest absolute Gasteiger partial charge is 0.191 e. The van der Waals surface area contributed by atoms with E-state index in [1.54, 1.807) is 14.2 Å². The Kier molecular flexibility index (Phi) is 11.9. The number of methoxy groups -OCH3 is 1. The topological polar surface area (TPSA) is 58.1 Å². The van der Waals surface area contributed by atoms with Crippen molar-refractivity contribution in [2.24, 2.45) is 10.9 Å². The van der Waals surface area contributed by atoms with Crippen LogP contribution in [0.4, 0.5) is 0 Å². The van der Waals surface area contributed by atoms with E-state index in [0.717, 1.165) is 38.7 Å². The van der Waals surface area contributed by atoms with Gasteiger partial charge < -0.3 is 20.1 Å². The molecule has 2 rings (SSSR count). The van der Waals surface area contributed by atoms with Crippen LogP contribution in [0.25, 0.3) is 0 Å². The number of nitrogens with one attached hydrogen (secondary N) is 2. The third-order valence-electron chi connectivity index (χ3n) is 4.43. The highest BCUT2D eigenvalue weighted by atomic mass is 127. The molecule has 154 valence electrons. The molecule has 1 saturated heterocycles. The number of guanidine groups is 1. The maximum Gasteiger partial charge on any atom is 0.191 e. The number of morpholine rings is 1. The average Bonchev–Trinajstić information content (AvgIpc) is 2.63. The Balaban J connectivity index is 0.00000364. The first-order chi connectivity index (χ1) is 12.6. The fourth-order valence-electron chi connectivity index (χ4n) is 3.22. The van der Waals surface area contributed by atoms with Crippen LogP contribution in [0.3, 0.4) is 0 Å². The molecule has 1 unspecified atom stereocenters. The summed E-state index contributed by atoms with van der Waals surface area (Å²) in [7, 11) is 3.51. The lowest BCUT2D eigenvalue weighted by Crippen LogP contribution is -2.50. The first-order valence-electron chi connectivity index (χ1n) is 9.46. The van der Waals surface area contributed by atoms with E-state index in [9.17, 15) is 0 Å². The van der Waals surface area contributed by atoms with Crippen molar-refractivity contribution >= 4 is 29.9 Å². The van der Waals surface area contributed by atoms with Crippen LogP contribution in [0.1, 0.15) is 25.0 Å². The van der Waals surface area contributed by atoms with Crippen LogP contribution in [-0.4, -0.2) is 63.9 Å². The zero-order valence-electron chi connectivity index (χ0n) is 17.0. The lowest BCUT2D eigenvalue weighted by molar-refractivity contribution is -0.0284. The molecule has 0 radical (unpaired) electrons. The normalized spacial score (nSPS) is 18.3. The first kappa shape index (κ1) is 24.1. The maximum absolute atomic E-state index is 5.90. The molecule has 2 N–H and O–H groups in total. The minimum atomic E-state index is 0. The van der Waals surface area contributed by atoms with Gasteiger partial charge in [-0.25, -0.2) is 0 Å². The summed E-state index contributed by atoms with van der Waals surface area (Å²) in [6.45, 7) is 10.5. The van der Waals surface area contributed by atoms with Crippen molar-refractivity contribution in [3.63, 3.8) is 0 Å². The molecule has 1 aliphatic heterocycles. The summed E-state index contributed by atoms with van der Waals surface area (Å²) in [5.41, 5.74) is 2.41. The Morgan fingerprint density at radius 3 is 2.70 bits per heavy atom. The molecule has 0 aliphatic carbocycles. The Labute approximate surface area is 181 Å². The molecular formula is C20H35IN4O2. The molecule has 1 aromatic rings. The monoisotopic (exact) mass is 490 g/mol. The van der Waals surface area contributed by atoms with Crippen molar-refractivity contribution in [3.8, 4) is 0 Å². The summed E-state index contributed by atoms with van der Waals surface area (Å²) >= 11 is 0. The standard InChI is InChI=1S/C20H34N4O2.HI/c1-16(2)13-24-9-10-26-19(14-24)12-23-20(21-3)22-11-17-7-5-6-8-18(17)15-25-4;/h5-8,16,19H,9-15H2,1-4H3,(H2,21,22,23);1H. The minimum Gasteiger partial charge on any atom is -0.380 e. The number of nitrogens with zero attached hydrogens (tertiary/aromatic N) is 2. The van der Waals surface area contributed by atoms with Crippen molar-refractivity contribution in [3.05, 3.63) is 35.4 Å². The molecule has 0 aromatic heterocycles. The summed E-state index contributed by atoms with van der Waals surface area (Å²) in [6.07, 6.45) is 0.196. The number of halogens is 1. The fraction of sp³-hybridized carbons (Fsp3) is 0.650. The predicted molar refractivity (Wildman–Crippen MR) is 122 cm³/mol. The third kappa shape index (κ3) is 8.76. The van der Waals surface area contributed by atoms with Gasteiger partial charge >= 0.3 is 0 Å². The number of hydrogen-bond donors (Lipinski definition) is 2. The molecule has 1 aromatic carbocycles. The minimum absolute atomic E-state index is 0. The van der Waals surface area contributed by atoms with Gasteiger partial charge in [0.1, 0.15) is 0 Å². The van der Waals surface area contributed by atoms with Gasteiger partial charge in [-0.3, -0.25) is 9.89 Å². The SMILES string of the molecule is CN=C(NCc1ccccc1COC)NCC1CN(CC(C)C)CCO1.I. The van der Waals surface area contributed by atoms with Gasteiger partial charge in [-0.1, -0.05) is 38.1 Å². The van der Waals surface area contributed by atoms with Crippen molar-refractivity contribution in [1.29, 1.82) is 0 Å². The second kappa shape index (κ2) is 13.3. The van der Waals surface area contributed by atoms with Gasteiger partial charge in [-0.05, 0) is 17.0 Å². The molecule has 1 fully saturated rings. The summed E-state index contributed by atoms with van der Waals surface area (Å²) < 4.78 is 11.2. The summed E-state index contributed by atoms with van der Waals surface area (Å²) in [4.78, 5) is 6.81. The molecule has 1 heterocycles. The molecule has 1 aliphatic rings. The molecule has 0 spiro atoms. The van der Waals surface area contributed by atoms with E-state index in [1.165, 1.54) is 11.1 Å². The van der Waals surface area contributed by atoms with E-state index in [0.29, 0.717) is 19.1 Å². The summed E-state index contributed by atoms with van der Waals surface area (Å²) in [5, 5.41) is 6.77. The zero-order chi connectivity index (χ0) is 18.8. The number of aliphatic imine (C=N–C) groups is 1. The van der Waals surface area contributed by atoms with Crippen LogP contribution in [0.2, 0.25) is 0 Å². The van der Waals surface area contributed by atoms with Crippen LogP contribution in [0, 0.1) is 5.92 Å². The average molecular weight is 490 g/mol. The molecular weight excluding hydrogens is 455 g/mol. The lowest BCUT2D eigenvalue weighted by Gasteiger charge is -2.34. The summed E-state index contributed by atoms with van der Waals surface area (Å²) in [5.74, 6) is 1.48. The van der Waals surface area contributed by atoms with Crippen molar-refractivity contribution in [2.45, 2.75) is 33.1 Å². The first-order valence-corrected chi connectivity index (χ1v) is 9.46. The van der Waals surface area contributed by atoms with Gasteiger partial charge in [0.25, 0.3) is 0 Å². The van der Waals surface area contributed by atoms with Gasteiger partial charge in [-0.2, -0.15) is 0 Å². The molecule has 0 bridgehead atoms. The van der Waals surface area contributed by atoms with Crippen LogP contribution >= 0.6 is 24.0 Å². The lowest BCUT2D eigenvalue weighted by atomic mass is 10.1. The van der Waals surface area contributed by atoms with Gasteiger partial charge in [0.15, 0.2) is 5.96 Å². The molecule has 7 heteroatoms. The van der Waals surface area contributed by atoms with Crippen LogP contribution in [0.5, 0.6) is 0 Å². The Bertz CT molecular complexity index is 569. The number of rotatable bonds is 8. The largest absolute Gasteiger partial charge is 0.380 e. The van der Waals surface area contributed by atoms with Crippen LogP contribution < -0.4 is 10.6 Å². The highest BCUT2D eigenvalue weighted by Gasteiger charge is 2.21. The summed E-state index contributed by atoms with van der Waals surface area (Å²) in [6, 6.07) is 8.29. The fourth-order valence-corrected chi connectivity index (χ4v) is 3.22. The second-order valence-corrected chi connectivity index (χ2v) is 7.15. The molecule has 6 nitrogen and oxygen atoms in total. The zero-order valence-corrected chi connectivity index (χ0v) is 19.4. The van der Waals surface area contributed by atoms with Gasteiger partial charge in [0.05, 0.1) is 19.3 Å². The van der Waals surface area contributed by atoms with Crippen LogP contribution in [-0.2, 0) is 22.6 Å². The Morgan fingerprint density at radius 2 is 2.04 bits per heavy atom. The van der Waals surface area contributed by atoms with Crippen LogP contribution in [0.15, 0.2) is 29.3 Å². The van der Waals surface area contributed by atoms with Crippen molar-refractivity contribution < 1.29 is 9.47 Å². The highest BCUT2D eigenvalue weighted by molar-refractivity contribution is 14.0. The van der Waals surface area contributed by atoms with E-state index in [1.807, 2.05) is 12.1 Å². The van der Waals surface area contributed by atoms with E-state index in [2.05, 4.69) is 46.5 Å². The second-order valence-electron chi connectivity index (χ2n) is 7.15. The maximum atomic E-state index is 5.90. The van der Waals surface area contributed by atoms with E-state index < -0.39 is 0 Å². The number of ether oxygens (including phenoxy) is 2. The molecule has 27 heavy (non-hydrogen) atoms. The molecule has 0 saturated carbocycles. The highest BCUT2D eigenvalue weighted by Crippen LogP contribution is 2.10. The Morgan fingerprint density at radius 1 is 1.30 bits per heavy atom. The van der Waals surface area contributed by atoms with Gasteiger partial charge in [0.2, 0.25) is 0 Å². The van der Waals surface area contributed by atoms with Crippen molar-refractivity contribution in [2.75, 3.05) is 46.9 Å². The van der Waals surface area contributed by atoms with Crippen molar-refractivity contribution in [1.82, 2.24) is 15.5 Å². The number of benzene rings is 1. The number of hydrogen-bond acceptors (Lipinski definition) is 4. The predicted octanol–water partition coefficient (Wildman–Crippen LogP) is 2.47. The van der Waals surface area contributed by atoms with E-state index in [4.69, 9.17) is 9.47 Å².